The van der Waals surface area contributed by atoms with E-state index in [-0.39, 0.29) is 5.95 Å². The highest BCUT2D eigenvalue weighted by molar-refractivity contribution is 5.23. The molecule has 5 atom stereocenters. The van der Waals surface area contributed by atoms with E-state index in [2.05, 4.69) is 15.9 Å². The smallest absolute Gasteiger partial charge is 0.354 e. The van der Waals surface area contributed by atoms with E-state index in [9.17, 15) is 24.5 Å². The molecule has 120 valence electrons. The first-order chi connectivity index (χ1) is 10.3. The van der Waals surface area contributed by atoms with Crippen LogP contribution in [0, 0.1) is 11.8 Å². The highest BCUT2D eigenvalue weighted by Crippen LogP contribution is 2.38. The van der Waals surface area contributed by atoms with Gasteiger partial charge in [-0.1, -0.05) is 11.8 Å². The largest absolute Gasteiger partial charge is 0.391 e. The van der Waals surface area contributed by atoms with Crippen LogP contribution in [0.15, 0.2) is 11.1 Å². The van der Waals surface area contributed by atoms with Crippen molar-refractivity contribution in [1.82, 2.24) is 14.5 Å². The van der Waals surface area contributed by atoms with Gasteiger partial charge in [0.15, 0.2) is 11.8 Å². The molecule has 1 aromatic heterocycles. The highest BCUT2D eigenvalue weighted by atomic mass is 19.1. The van der Waals surface area contributed by atoms with Gasteiger partial charge in [0.2, 0.25) is 5.95 Å². The van der Waals surface area contributed by atoms with Crippen LogP contribution in [0.1, 0.15) is 13.2 Å². The summed E-state index contributed by atoms with van der Waals surface area (Å²) in [4.78, 5) is 18.8. The molecule has 1 aromatic rings. The second kappa shape index (κ2) is 5.98. The molecule has 1 unspecified atom stereocenters. The van der Waals surface area contributed by atoms with Gasteiger partial charge in [0.05, 0.1) is 6.10 Å². The van der Waals surface area contributed by atoms with Gasteiger partial charge in [0, 0.05) is 0 Å². The molecule has 5 N–H and O–H groups in total. The molecule has 9 nitrogen and oxygen atoms in total. The number of halogens is 1. The van der Waals surface area contributed by atoms with Crippen LogP contribution in [0.25, 0.3) is 0 Å². The van der Waals surface area contributed by atoms with Gasteiger partial charge in [-0.15, -0.1) is 0 Å². The fourth-order valence-corrected chi connectivity index (χ4v) is 2.21. The summed E-state index contributed by atoms with van der Waals surface area (Å²) in [6.45, 7) is 0.246. The molecule has 2 rings (SSSR count). The average molecular weight is 314 g/mol. The average Bonchev–Trinajstić information content (AvgIpc) is 2.70. The van der Waals surface area contributed by atoms with Crippen molar-refractivity contribution < 1.29 is 24.4 Å². The Morgan fingerprint density at radius 3 is 2.91 bits per heavy atom. The van der Waals surface area contributed by atoms with Crippen molar-refractivity contribution >= 4 is 5.95 Å². The van der Waals surface area contributed by atoms with Crippen molar-refractivity contribution in [3.05, 3.63) is 16.8 Å². The number of hydrogen-bond donors (Lipinski definition) is 4. The van der Waals surface area contributed by atoms with Crippen LogP contribution in [0.5, 0.6) is 0 Å². The lowest BCUT2D eigenvalue weighted by molar-refractivity contribution is -0.0888. The lowest BCUT2D eigenvalue weighted by Crippen LogP contribution is -2.48. The number of alkyl halides is 1. The number of nitrogens with zero attached hydrogens (tertiary/aromatic N) is 3. The van der Waals surface area contributed by atoms with Crippen molar-refractivity contribution in [2.24, 2.45) is 0 Å². The summed E-state index contributed by atoms with van der Waals surface area (Å²) in [5.41, 5.74) is 2.04. The van der Waals surface area contributed by atoms with Crippen molar-refractivity contribution in [2.45, 2.75) is 37.1 Å². The van der Waals surface area contributed by atoms with E-state index in [0.717, 1.165) is 10.9 Å². The fraction of sp³-hybridized carbons (Fsp3) is 0.583. The maximum Gasteiger partial charge on any atom is 0.354 e. The Bertz CT molecular complexity index is 669. The van der Waals surface area contributed by atoms with Crippen molar-refractivity contribution in [3.63, 3.8) is 0 Å². The second-order valence-electron chi connectivity index (χ2n) is 4.80. The number of aliphatic hydroxyl groups is 3. The number of hydrogen-bond acceptors (Lipinski definition) is 8. The number of nitrogen functional groups attached to an aromatic ring is 1. The molecule has 2 heterocycles. The first kappa shape index (κ1) is 16.3. The minimum Gasteiger partial charge on any atom is -0.391 e. The normalized spacial score (nSPS) is 32.3. The molecule has 1 fully saturated rings. The van der Waals surface area contributed by atoms with Crippen molar-refractivity contribution in [2.75, 3.05) is 12.4 Å². The molecule has 0 amide bonds. The van der Waals surface area contributed by atoms with Crippen LogP contribution >= 0.6 is 0 Å². The zero-order chi connectivity index (χ0) is 16.5. The minimum absolute atomic E-state index is 0.287. The topological polar surface area (TPSA) is 144 Å². The molecule has 1 aliphatic heterocycles. The standard InChI is InChI=1S/C12H15FN4O5/c1-6(18)7-8(19)12(21,3-2-4-13)9(22-7)17-5-15-10(14)16-11(17)20/h5-9,18-19,21H,4H2,1H3,(H2,14,16,20)/t6-,7+,8?,9+,12+/m0/s1. The Balaban J connectivity index is 2.53. The lowest BCUT2D eigenvalue weighted by Gasteiger charge is -2.26. The van der Waals surface area contributed by atoms with E-state index in [1.165, 1.54) is 6.92 Å². The van der Waals surface area contributed by atoms with Crippen LogP contribution in [0.4, 0.5) is 10.3 Å². The molecule has 22 heavy (non-hydrogen) atoms. The minimum atomic E-state index is -2.32. The van der Waals surface area contributed by atoms with Gasteiger partial charge in [0.1, 0.15) is 25.2 Å². The quantitative estimate of drug-likeness (QED) is 0.441. The number of rotatable bonds is 2. The monoisotopic (exact) mass is 314 g/mol. The third kappa shape index (κ3) is 2.67. The molecular weight excluding hydrogens is 299 g/mol. The summed E-state index contributed by atoms with van der Waals surface area (Å²) in [5.74, 6) is 3.83. The van der Waals surface area contributed by atoms with Gasteiger partial charge in [-0.05, 0) is 6.92 Å². The number of aliphatic hydroxyl groups excluding tert-OH is 2. The molecule has 0 radical (unpaired) electrons. The molecule has 0 aromatic carbocycles. The van der Waals surface area contributed by atoms with E-state index >= 15 is 0 Å². The van der Waals surface area contributed by atoms with E-state index in [4.69, 9.17) is 10.5 Å². The second-order valence-corrected chi connectivity index (χ2v) is 4.80. The molecule has 0 bridgehead atoms. The van der Waals surface area contributed by atoms with E-state index in [0.29, 0.717) is 0 Å². The van der Waals surface area contributed by atoms with Crippen molar-refractivity contribution in [3.8, 4) is 11.8 Å². The van der Waals surface area contributed by atoms with Gasteiger partial charge in [-0.25, -0.2) is 14.2 Å². The maximum atomic E-state index is 12.3. The van der Waals surface area contributed by atoms with Crippen LogP contribution in [0.3, 0.4) is 0 Å². The molecule has 0 spiro atoms. The molecule has 1 aliphatic rings. The molecule has 1 saturated heterocycles. The Kier molecular flexibility index (Phi) is 4.43. The summed E-state index contributed by atoms with van der Waals surface area (Å²) in [7, 11) is 0. The maximum absolute atomic E-state index is 12.3. The van der Waals surface area contributed by atoms with Gasteiger partial charge < -0.3 is 25.8 Å². The van der Waals surface area contributed by atoms with Gasteiger partial charge >= 0.3 is 5.69 Å². The summed E-state index contributed by atoms with van der Waals surface area (Å²) in [5, 5.41) is 30.3. The van der Waals surface area contributed by atoms with Gasteiger partial charge in [-0.3, -0.25) is 4.57 Å². The summed E-state index contributed by atoms with van der Waals surface area (Å²) in [6.07, 6.45) is -4.68. The number of nitrogens with two attached hydrogens (primary N) is 1. The molecular formula is C12H15FN4O5. The lowest BCUT2D eigenvalue weighted by atomic mass is 9.93. The van der Waals surface area contributed by atoms with Gasteiger partial charge in [0.25, 0.3) is 0 Å². The third-order valence-corrected chi connectivity index (χ3v) is 3.25. The zero-order valence-corrected chi connectivity index (χ0v) is 11.5. The Hall–Kier alpha value is -2.06. The van der Waals surface area contributed by atoms with Gasteiger partial charge in [-0.2, -0.15) is 4.98 Å². The Morgan fingerprint density at radius 2 is 2.36 bits per heavy atom. The van der Waals surface area contributed by atoms with Crippen LogP contribution in [-0.4, -0.2) is 60.4 Å². The summed E-state index contributed by atoms with van der Waals surface area (Å²) in [6, 6.07) is 0. The number of aromatic nitrogens is 3. The zero-order valence-electron chi connectivity index (χ0n) is 11.5. The molecule has 0 aliphatic carbocycles. The first-order valence-electron chi connectivity index (χ1n) is 6.32. The van der Waals surface area contributed by atoms with E-state index < -0.39 is 42.5 Å². The Labute approximate surface area is 124 Å². The van der Waals surface area contributed by atoms with Crippen LogP contribution in [-0.2, 0) is 4.74 Å². The molecule has 0 saturated carbocycles. The summed E-state index contributed by atoms with van der Waals surface area (Å²) < 4.78 is 18.4. The first-order valence-corrected chi connectivity index (χ1v) is 6.32. The van der Waals surface area contributed by atoms with Crippen LogP contribution in [0.2, 0.25) is 0 Å². The van der Waals surface area contributed by atoms with Crippen LogP contribution < -0.4 is 11.4 Å². The molecule has 10 heteroatoms. The summed E-state index contributed by atoms with van der Waals surface area (Å²) >= 11 is 0. The SMILES string of the molecule is C[C@H](O)[C@H]1O[C@@H](n2cnc(N)nc2=O)[C@@](O)(C#CCF)C1O. The van der Waals surface area contributed by atoms with E-state index in [1.807, 2.05) is 5.92 Å². The highest BCUT2D eigenvalue weighted by Gasteiger charge is 2.57. The van der Waals surface area contributed by atoms with E-state index in [1.54, 1.807) is 0 Å². The van der Waals surface area contributed by atoms with Crippen molar-refractivity contribution in [1.29, 1.82) is 0 Å². The predicted octanol–water partition coefficient (Wildman–Crippen LogP) is -2.44. The number of anilines is 1. The number of ether oxygens (including phenoxy) is 1. The third-order valence-electron chi connectivity index (χ3n) is 3.25. The predicted molar refractivity (Wildman–Crippen MR) is 71.0 cm³/mol. The fourth-order valence-electron chi connectivity index (χ4n) is 2.21. The Morgan fingerprint density at radius 1 is 1.68 bits per heavy atom.